The van der Waals surface area contributed by atoms with Gasteiger partial charge in [0.2, 0.25) is 0 Å². The molecule has 0 amide bonds. The van der Waals surface area contributed by atoms with Gasteiger partial charge in [0, 0.05) is 5.38 Å². The quantitative estimate of drug-likeness (QED) is 0.576. The molecule has 0 unspecified atom stereocenters. The average molecular weight is 371 g/mol. The number of carbonyl (C=O) groups excluding carboxylic acids is 1. The third kappa shape index (κ3) is 5.39. The number of ether oxygens (including phenoxy) is 2. The van der Waals surface area contributed by atoms with Gasteiger partial charge in [0.1, 0.15) is 29.8 Å². The molecule has 26 heavy (non-hydrogen) atoms. The Balaban J connectivity index is 1.45. The molecular formula is C20H18FNO3S. The molecule has 0 bridgehead atoms. The SMILES string of the molecule is Cc1ccc(CC(=O)OCc2csc(COc3ccc(F)cc3)n2)cc1. The lowest BCUT2D eigenvalue weighted by Gasteiger charge is -2.04. The molecule has 0 aliphatic rings. The van der Waals surface area contributed by atoms with Crippen LogP contribution in [-0.4, -0.2) is 11.0 Å². The fourth-order valence-corrected chi connectivity index (χ4v) is 2.93. The largest absolute Gasteiger partial charge is 0.486 e. The second-order valence-electron chi connectivity index (χ2n) is 5.80. The van der Waals surface area contributed by atoms with Gasteiger partial charge in [-0.1, -0.05) is 29.8 Å². The highest BCUT2D eigenvalue weighted by Crippen LogP contribution is 2.16. The van der Waals surface area contributed by atoms with Crippen molar-refractivity contribution >= 4 is 17.3 Å². The molecule has 0 saturated carbocycles. The number of aryl methyl sites for hydroxylation is 1. The van der Waals surface area contributed by atoms with E-state index in [1.165, 1.54) is 23.5 Å². The van der Waals surface area contributed by atoms with Crippen LogP contribution < -0.4 is 4.74 Å². The van der Waals surface area contributed by atoms with Crippen molar-refractivity contribution in [1.82, 2.24) is 4.98 Å². The van der Waals surface area contributed by atoms with Crippen molar-refractivity contribution in [2.45, 2.75) is 26.6 Å². The Morgan fingerprint density at radius 1 is 1.08 bits per heavy atom. The monoisotopic (exact) mass is 371 g/mol. The minimum atomic E-state index is -0.304. The molecular weight excluding hydrogens is 353 g/mol. The number of esters is 1. The zero-order valence-corrected chi connectivity index (χ0v) is 15.1. The maximum Gasteiger partial charge on any atom is 0.310 e. The van der Waals surface area contributed by atoms with Crippen LogP contribution in [0, 0.1) is 12.7 Å². The maximum absolute atomic E-state index is 12.9. The smallest absolute Gasteiger partial charge is 0.310 e. The van der Waals surface area contributed by atoms with Crippen molar-refractivity contribution in [3.63, 3.8) is 0 Å². The summed E-state index contributed by atoms with van der Waals surface area (Å²) in [6.45, 7) is 2.42. The number of aromatic nitrogens is 1. The number of hydrogen-bond donors (Lipinski definition) is 0. The van der Waals surface area contributed by atoms with Crippen LogP contribution in [0.5, 0.6) is 5.75 Å². The molecule has 3 aromatic rings. The molecule has 6 heteroatoms. The summed E-state index contributed by atoms with van der Waals surface area (Å²) in [6.07, 6.45) is 0.241. The van der Waals surface area contributed by atoms with E-state index in [4.69, 9.17) is 9.47 Å². The fraction of sp³-hybridized carbons (Fsp3) is 0.200. The van der Waals surface area contributed by atoms with Crippen LogP contribution in [0.2, 0.25) is 0 Å². The van der Waals surface area contributed by atoms with E-state index in [0.29, 0.717) is 11.4 Å². The molecule has 0 atom stereocenters. The van der Waals surface area contributed by atoms with E-state index < -0.39 is 0 Å². The molecule has 1 aromatic heterocycles. The molecule has 0 fully saturated rings. The van der Waals surface area contributed by atoms with Gasteiger partial charge in [-0.05, 0) is 36.8 Å². The summed E-state index contributed by atoms with van der Waals surface area (Å²) in [5, 5.41) is 2.60. The van der Waals surface area contributed by atoms with Crippen LogP contribution in [0.15, 0.2) is 53.9 Å². The Labute approximate surface area is 155 Å². The topological polar surface area (TPSA) is 48.4 Å². The van der Waals surface area contributed by atoms with Gasteiger partial charge in [0.05, 0.1) is 12.1 Å². The van der Waals surface area contributed by atoms with Gasteiger partial charge in [0.15, 0.2) is 0 Å². The fourth-order valence-electron chi connectivity index (χ4n) is 2.24. The van der Waals surface area contributed by atoms with Crippen LogP contribution in [0.3, 0.4) is 0 Å². The van der Waals surface area contributed by atoms with Crippen LogP contribution in [0.1, 0.15) is 21.8 Å². The second-order valence-corrected chi connectivity index (χ2v) is 6.74. The van der Waals surface area contributed by atoms with Crippen LogP contribution >= 0.6 is 11.3 Å². The third-order valence-electron chi connectivity index (χ3n) is 3.63. The standard InChI is InChI=1S/C20H18FNO3S/c1-14-2-4-15(5-3-14)10-20(23)25-11-17-13-26-19(22-17)12-24-18-8-6-16(21)7-9-18/h2-9,13H,10-12H2,1H3. The van der Waals surface area contributed by atoms with Gasteiger partial charge < -0.3 is 9.47 Å². The minimum Gasteiger partial charge on any atom is -0.486 e. The Bertz CT molecular complexity index is 860. The van der Waals surface area contributed by atoms with E-state index in [9.17, 15) is 9.18 Å². The molecule has 0 aliphatic carbocycles. The Hall–Kier alpha value is -2.73. The van der Waals surface area contributed by atoms with Gasteiger partial charge in [-0.25, -0.2) is 9.37 Å². The average Bonchev–Trinajstić information content (AvgIpc) is 3.09. The highest BCUT2D eigenvalue weighted by atomic mass is 32.1. The number of thiazole rings is 1. The summed E-state index contributed by atoms with van der Waals surface area (Å²) in [4.78, 5) is 16.3. The first kappa shape index (κ1) is 18.1. The molecule has 134 valence electrons. The summed E-state index contributed by atoms with van der Waals surface area (Å²) in [5.41, 5.74) is 2.76. The molecule has 0 radical (unpaired) electrons. The van der Waals surface area contributed by atoms with Crippen LogP contribution in [-0.2, 0) is 29.2 Å². The Morgan fingerprint density at radius 3 is 2.54 bits per heavy atom. The van der Waals surface area contributed by atoms with E-state index in [2.05, 4.69) is 4.98 Å². The number of halogens is 1. The van der Waals surface area contributed by atoms with Gasteiger partial charge in [0.25, 0.3) is 0 Å². The summed E-state index contributed by atoms with van der Waals surface area (Å²) >= 11 is 1.43. The lowest BCUT2D eigenvalue weighted by Crippen LogP contribution is -2.08. The number of carbonyl (C=O) groups is 1. The van der Waals surface area contributed by atoms with Crippen molar-refractivity contribution in [2.75, 3.05) is 0 Å². The molecule has 0 aliphatic heterocycles. The highest BCUT2D eigenvalue weighted by Gasteiger charge is 2.08. The number of benzene rings is 2. The zero-order chi connectivity index (χ0) is 18.4. The molecule has 0 N–H and O–H groups in total. The summed E-state index contributed by atoms with van der Waals surface area (Å²) in [7, 11) is 0. The number of nitrogens with zero attached hydrogens (tertiary/aromatic N) is 1. The minimum absolute atomic E-state index is 0.137. The Morgan fingerprint density at radius 2 is 1.81 bits per heavy atom. The first-order valence-electron chi connectivity index (χ1n) is 8.11. The van der Waals surface area contributed by atoms with Gasteiger partial charge in [-0.3, -0.25) is 4.79 Å². The number of rotatable bonds is 7. The van der Waals surface area contributed by atoms with Crippen molar-refractivity contribution in [1.29, 1.82) is 0 Å². The van der Waals surface area contributed by atoms with E-state index >= 15 is 0 Å². The van der Waals surface area contributed by atoms with Crippen LogP contribution in [0.4, 0.5) is 4.39 Å². The van der Waals surface area contributed by atoms with E-state index in [1.54, 1.807) is 12.1 Å². The lowest BCUT2D eigenvalue weighted by molar-refractivity contribution is -0.144. The summed E-state index contributed by atoms with van der Waals surface area (Å²) < 4.78 is 23.7. The Kier molecular flexibility index (Phi) is 5.96. The third-order valence-corrected chi connectivity index (χ3v) is 4.50. The predicted octanol–water partition coefficient (Wildman–Crippen LogP) is 4.46. The first-order valence-corrected chi connectivity index (χ1v) is 8.99. The van der Waals surface area contributed by atoms with E-state index in [1.807, 2.05) is 36.6 Å². The zero-order valence-electron chi connectivity index (χ0n) is 14.3. The second kappa shape index (κ2) is 8.58. The summed E-state index contributed by atoms with van der Waals surface area (Å²) in [6, 6.07) is 13.6. The van der Waals surface area contributed by atoms with E-state index in [0.717, 1.165) is 16.1 Å². The first-order chi connectivity index (χ1) is 12.6. The summed E-state index contributed by atoms with van der Waals surface area (Å²) in [5.74, 6) is -0.0139. The molecule has 4 nitrogen and oxygen atoms in total. The van der Waals surface area contributed by atoms with Gasteiger partial charge in [-0.2, -0.15) is 0 Å². The van der Waals surface area contributed by atoms with E-state index in [-0.39, 0.29) is 31.4 Å². The highest BCUT2D eigenvalue weighted by molar-refractivity contribution is 7.09. The van der Waals surface area contributed by atoms with Crippen molar-refractivity contribution in [3.05, 3.63) is 81.6 Å². The molecule has 0 spiro atoms. The van der Waals surface area contributed by atoms with Gasteiger partial charge >= 0.3 is 5.97 Å². The molecule has 1 heterocycles. The maximum atomic E-state index is 12.9. The number of hydrogen-bond acceptors (Lipinski definition) is 5. The predicted molar refractivity (Wildman–Crippen MR) is 97.5 cm³/mol. The van der Waals surface area contributed by atoms with Gasteiger partial charge in [-0.15, -0.1) is 11.3 Å². The normalized spacial score (nSPS) is 10.5. The molecule has 0 saturated heterocycles. The van der Waals surface area contributed by atoms with Crippen molar-refractivity contribution < 1.29 is 18.7 Å². The van der Waals surface area contributed by atoms with Crippen molar-refractivity contribution in [2.24, 2.45) is 0 Å². The van der Waals surface area contributed by atoms with Crippen LogP contribution in [0.25, 0.3) is 0 Å². The van der Waals surface area contributed by atoms with Crippen molar-refractivity contribution in [3.8, 4) is 5.75 Å². The molecule has 3 rings (SSSR count). The lowest BCUT2D eigenvalue weighted by atomic mass is 10.1. The molecule has 2 aromatic carbocycles.